The Labute approximate surface area is 135 Å². The van der Waals surface area contributed by atoms with Crippen molar-refractivity contribution >= 4 is 5.78 Å². The predicted molar refractivity (Wildman–Crippen MR) is 93.8 cm³/mol. The molecular formula is C20H32O2. The Hall–Kier alpha value is -1.31. The molecular weight excluding hydrogens is 272 g/mol. The van der Waals surface area contributed by atoms with Crippen molar-refractivity contribution in [3.63, 3.8) is 0 Å². The molecule has 0 fully saturated rings. The second kappa shape index (κ2) is 10.4. The predicted octanol–water partition coefficient (Wildman–Crippen LogP) is 6.11. The molecule has 22 heavy (non-hydrogen) atoms. The van der Waals surface area contributed by atoms with Crippen LogP contribution < -0.4 is 0 Å². The molecule has 2 heteroatoms. The van der Waals surface area contributed by atoms with Crippen molar-refractivity contribution in [2.75, 3.05) is 0 Å². The molecule has 1 aromatic carbocycles. The number of aryl methyl sites for hydroxylation is 2. The van der Waals surface area contributed by atoms with Crippen LogP contribution in [0.2, 0.25) is 0 Å². The van der Waals surface area contributed by atoms with Crippen LogP contribution in [-0.2, 0) is 0 Å². The van der Waals surface area contributed by atoms with Crippen LogP contribution in [0.3, 0.4) is 0 Å². The van der Waals surface area contributed by atoms with Gasteiger partial charge in [0, 0.05) is 6.42 Å². The number of aromatic hydroxyl groups is 1. The molecule has 0 unspecified atom stereocenters. The molecule has 1 N–H and O–H groups in total. The summed E-state index contributed by atoms with van der Waals surface area (Å²) in [6.07, 6.45) is 11.8. The Bertz CT molecular complexity index is 463. The van der Waals surface area contributed by atoms with Gasteiger partial charge in [-0.3, -0.25) is 4.79 Å². The SMILES string of the molecule is CCCCCCCCCCCC(=O)c1cc(C)cc(C)c1O. The van der Waals surface area contributed by atoms with E-state index in [9.17, 15) is 9.90 Å². The first-order chi connectivity index (χ1) is 10.6. The molecule has 0 atom stereocenters. The minimum Gasteiger partial charge on any atom is -0.507 e. The van der Waals surface area contributed by atoms with E-state index in [1.165, 1.54) is 44.9 Å². The van der Waals surface area contributed by atoms with Crippen LogP contribution in [0.15, 0.2) is 12.1 Å². The van der Waals surface area contributed by atoms with E-state index in [0.29, 0.717) is 12.0 Å². The Morgan fingerprint density at radius 2 is 1.45 bits per heavy atom. The Kier molecular flexibility index (Phi) is 8.88. The highest BCUT2D eigenvalue weighted by atomic mass is 16.3. The van der Waals surface area contributed by atoms with Crippen LogP contribution in [0.4, 0.5) is 0 Å². The highest BCUT2D eigenvalue weighted by Crippen LogP contribution is 2.25. The van der Waals surface area contributed by atoms with E-state index in [-0.39, 0.29) is 11.5 Å². The fraction of sp³-hybridized carbons (Fsp3) is 0.650. The third-order valence-corrected chi connectivity index (χ3v) is 4.25. The monoisotopic (exact) mass is 304 g/mol. The normalized spacial score (nSPS) is 10.9. The largest absolute Gasteiger partial charge is 0.507 e. The standard InChI is InChI=1S/C20H32O2/c1-4-5-6-7-8-9-10-11-12-13-19(21)18-15-16(2)14-17(3)20(18)22/h14-15,22H,4-13H2,1-3H3. The minimum absolute atomic E-state index is 0.0762. The second-order valence-electron chi connectivity index (χ2n) is 6.48. The van der Waals surface area contributed by atoms with Gasteiger partial charge in [0.25, 0.3) is 0 Å². The summed E-state index contributed by atoms with van der Waals surface area (Å²) in [4.78, 5) is 12.2. The minimum atomic E-state index is 0.0762. The summed E-state index contributed by atoms with van der Waals surface area (Å²) < 4.78 is 0. The summed E-state index contributed by atoms with van der Waals surface area (Å²) in [6.45, 7) is 6.05. The van der Waals surface area contributed by atoms with Gasteiger partial charge in [-0.1, -0.05) is 64.4 Å². The summed E-state index contributed by atoms with van der Waals surface area (Å²) >= 11 is 0. The number of hydrogen-bond donors (Lipinski definition) is 1. The molecule has 0 saturated carbocycles. The smallest absolute Gasteiger partial charge is 0.166 e. The molecule has 1 rings (SSSR count). The topological polar surface area (TPSA) is 37.3 Å². The molecule has 124 valence electrons. The number of benzene rings is 1. The van der Waals surface area contributed by atoms with E-state index >= 15 is 0 Å². The lowest BCUT2D eigenvalue weighted by Gasteiger charge is -2.08. The first-order valence-electron chi connectivity index (χ1n) is 8.89. The van der Waals surface area contributed by atoms with Crippen LogP contribution in [0, 0.1) is 13.8 Å². The molecule has 0 heterocycles. The molecule has 0 spiro atoms. The van der Waals surface area contributed by atoms with Crippen molar-refractivity contribution in [3.8, 4) is 5.75 Å². The molecule has 0 amide bonds. The number of phenolic OH excluding ortho intramolecular Hbond substituents is 1. The molecule has 2 nitrogen and oxygen atoms in total. The van der Waals surface area contributed by atoms with Crippen LogP contribution in [0.1, 0.15) is 92.6 Å². The van der Waals surface area contributed by atoms with E-state index in [1.807, 2.05) is 19.9 Å². The fourth-order valence-electron chi connectivity index (χ4n) is 2.90. The molecule has 0 radical (unpaired) electrons. The summed E-state index contributed by atoms with van der Waals surface area (Å²) in [5.74, 6) is 0.235. The molecule has 1 aromatic rings. The van der Waals surface area contributed by atoms with Crippen molar-refractivity contribution in [2.45, 2.75) is 85.0 Å². The third kappa shape index (κ3) is 6.64. The first kappa shape index (κ1) is 18.7. The Morgan fingerprint density at radius 1 is 0.909 bits per heavy atom. The molecule has 0 aliphatic rings. The lowest BCUT2D eigenvalue weighted by atomic mass is 9.98. The van der Waals surface area contributed by atoms with Gasteiger partial charge in [0.05, 0.1) is 5.56 Å². The van der Waals surface area contributed by atoms with Crippen molar-refractivity contribution in [3.05, 3.63) is 28.8 Å². The summed E-state index contributed by atoms with van der Waals surface area (Å²) in [6, 6.07) is 3.71. The van der Waals surface area contributed by atoms with Gasteiger partial charge in [0.15, 0.2) is 5.78 Å². The maximum absolute atomic E-state index is 12.2. The van der Waals surface area contributed by atoms with Crippen LogP contribution in [0.25, 0.3) is 0 Å². The van der Waals surface area contributed by atoms with Crippen LogP contribution >= 0.6 is 0 Å². The van der Waals surface area contributed by atoms with Gasteiger partial charge < -0.3 is 5.11 Å². The maximum Gasteiger partial charge on any atom is 0.166 e. The van der Waals surface area contributed by atoms with Crippen LogP contribution in [0.5, 0.6) is 5.75 Å². The number of carbonyl (C=O) groups excluding carboxylic acids is 1. The molecule has 0 aliphatic heterocycles. The molecule has 0 aliphatic carbocycles. The highest BCUT2D eigenvalue weighted by molar-refractivity contribution is 5.99. The van der Waals surface area contributed by atoms with Crippen molar-refractivity contribution in [1.29, 1.82) is 0 Å². The van der Waals surface area contributed by atoms with Gasteiger partial charge in [0.2, 0.25) is 0 Å². The zero-order valence-electron chi connectivity index (χ0n) is 14.6. The average molecular weight is 304 g/mol. The second-order valence-corrected chi connectivity index (χ2v) is 6.48. The number of ketones is 1. The zero-order chi connectivity index (χ0) is 16.4. The molecule has 0 aromatic heterocycles. The van der Waals surface area contributed by atoms with E-state index < -0.39 is 0 Å². The number of Topliss-reactive ketones (excluding diaryl/α,β-unsaturated/α-hetero) is 1. The van der Waals surface area contributed by atoms with Gasteiger partial charge in [0.1, 0.15) is 5.75 Å². The van der Waals surface area contributed by atoms with Gasteiger partial charge >= 0.3 is 0 Å². The number of rotatable bonds is 11. The number of carbonyl (C=O) groups is 1. The molecule has 0 bridgehead atoms. The van der Waals surface area contributed by atoms with Gasteiger partial charge in [-0.2, -0.15) is 0 Å². The van der Waals surface area contributed by atoms with Gasteiger partial charge in [-0.25, -0.2) is 0 Å². The van der Waals surface area contributed by atoms with Gasteiger partial charge in [-0.05, 0) is 37.5 Å². The lowest BCUT2D eigenvalue weighted by Crippen LogP contribution is -2.01. The van der Waals surface area contributed by atoms with E-state index in [4.69, 9.17) is 0 Å². The van der Waals surface area contributed by atoms with E-state index in [2.05, 4.69) is 6.92 Å². The zero-order valence-corrected chi connectivity index (χ0v) is 14.6. The maximum atomic E-state index is 12.2. The molecule has 0 saturated heterocycles. The quantitative estimate of drug-likeness (QED) is 0.395. The van der Waals surface area contributed by atoms with Crippen molar-refractivity contribution in [1.82, 2.24) is 0 Å². The highest BCUT2D eigenvalue weighted by Gasteiger charge is 2.13. The van der Waals surface area contributed by atoms with Crippen LogP contribution in [-0.4, -0.2) is 10.9 Å². The Balaban J connectivity index is 2.21. The average Bonchev–Trinajstić information content (AvgIpc) is 2.49. The number of hydrogen-bond acceptors (Lipinski definition) is 2. The summed E-state index contributed by atoms with van der Waals surface area (Å²) in [5.41, 5.74) is 2.32. The van der Waals surface area contributed by atoms with E-state index in [1.54, 1.807) is 6.07 Å². The lowest BCUT2D eigenvalue weighted by molar-refractivity contribution is 0.0976. The first-order valence-corrected chi connectivity index (χ1v) is 8.89. The Morgan fingerprint density at radius 3 is 2.05 bits per heavy atom. The third-order valence-electron chi connectivity index (χ3n) is 4.25. The summed E-state index contributed by atoms with van der Waals surface area (Å²) in [5, 5.41) is 10.0. The number of phenols is 1. The summed E-state index contributed by atoms with van der Waals surface area (Å²) in [7, 11) is 0. The van der Waals surface area contributed by atoms with E-state index in [0.717, 1.165) is 24.0 Å². The van der Waals surface area contributed by atoms with Crippen molar-refractivity contribution < 1.29 is 9.90 Å². The van der Waals surface area contributed by atoms with Gasteiger partial charge in [-0.15, -0.1) is 0 Å². The number of unbranched alkanes of at least 4 members (excludes halogenated alkanes) is 8. The van der Waals surface area contributed by atoms with Crippen molar-refractivity contribution in [2.24, 2.45) is 0 Å². The fourth-order valence-corrected chi connectivity index (χ4v) is 2.90.